The maximum absolute atomic E-state index is 12.1. The zero-order valence-corrected chi connectivity index (χ0v) is 13.3. The Hall–Kier alpha value is -2.47. The van der Waals surface area contributed by atoms with Crippen molar-refractivity contribution in [3.63, 3.8) is 0 Å². The minimum Gasteiger partial charge on any atom is -0.368 e. The summed E-state index contributed by atoms with van der Waals surface area (Å²) >= 11 is 0. The molecule has 1 amide bonds. The zero-order chi connectivity index (χ0) is 16.1. The predicted molar refractivity (Wildman–Crippen MR) is 90.5 cm³/mol. The van der Waals surface area contributed by atoms with E-state index in [1.807, 2.05) is 31.3 Å². The van der Waals surface area contributed by atoms with E-state index < -0.39 is 0 Å². The van der Waals surface area contributed by atoms with E-state index >= 15 is 0 Å². The van der Waals surface area contributed by atoms with Crippen LogP contribution in [-0.2, 0) is 4.79 Å². The number of pyridine rings is 2. The van der Waals surface area contributed by atoms with Gasteiger partial charge in [0.2, 0.25) is 5.91 Å². The van der Waals surface area contributed by atoms with Gasteiger partial charge in [-0.2, -0.15) is 0 Å². The normalized spacial score (nSPS) is 15.4. The van der Waals surface area contributed by atoms with Gasteiger partial charge in [-0.05, 0) is 31.2 Å². The fraction of sp³-hybridized carbons (Fsp3) is 0.353. The number of carbonyl (C=O) groups excluding carboxylic acids is 1. The number of hydrogen-bond acceptors (Lipinski definition) is 5. The van der Waals surface area contributed by atoms with Gasteiger partial charge in [0.25, 0.3) is 0 Å². The summed E-state index contributed by atoms with van der Waals surface area (Å²) in [5.74, 6) is 0.0189. The van der Waals surface area contributed by atoms with E-state index in [1.54, 1.807) is 12.4 Å². The van der Waals surface area contributed by atoms with Crippen LogP contribution >= 0.6 is 0 Å². The zero-order valence-electron chi connectivity index (χ0n) is 13.3. The molecule has 0 saturated carbocycles. The number of anilines is 2. The van der Waals surface area contributed by atoms with Gasteiger partial charge >= 0.3 is 0 Å². The van der Waals surface area contributed by atoms with Crippen molar-refractivity contribution in [2.45, 2.75) is 6.92 Å². The van der Waals surface area contributed by atoms with Crippen molar-refractivity contribution in [3.8, 4) is 0 Å². The number of carbonyl (C=O) groups is 1. The van der Waals surface area contributed by atoms with Crippen LogP contribution in [0.25, 0.3) is 0 Å². The molecule has 0 aliphatic carbocycles. The van der Waals surface area contributed by atoms with Gasteiger partial charge in [0.15, 0.2) is 0 Å². The predicted octanol–water partition coefficient (Wildman–Crippen LogP) is 1.55. The Kier molecular flexibility index (Phi) is 4.83. The topological polar surface area (TPSA) is 61.4 Å². The minimum absolute atomic E-state index is 0.0189. The summed E-state index contributed by atoms with van der Waals surface area (Å²) in [6, 6.07) is 7.70. The highest BCUT2D eigenvalue weighted by atomic mass is 16.2. The van der Waals surface area contributed by atoms with Gasteiger partial charge in [-0.3, -0.25) is 19.7 Å². The van der Waals surface area contributed by atoms with E-state index in [4.69, 9.17) is 0 Å². The van der Waals surface area contributed by atoms with Gasteiger partial charge in [0.1, 0.15) is 0 Å². The first-order valence-electron chi connectivity index (χ1n) is 7.80. The number of aromatic nitrogens is 2. The second-order valence-electron chi connectivity index (χ2n) is 5.71. The van der Waals surface area contributed by atoms with Crippen LogP contribution in [0.4, 0.5) is 11.4 Å². The number of rotatable bonds is 4. The van der Waals surface area contributed by atoms with E-state index in [0.717, 1.165) is 43.2 Å². The average molecular weight is 311 g/mol. The first-order valence-corrected chi connectivity index (χ1v) is 7.80. The molecule has 2 aromatic heterocycles. The van der Waals surface area contributed by atoms with Crippen molar-refractivity contribution in [1.82, 2.24) is 14.9 Å². The number of nitrogens with one attached hydrogen (secondary N) is 1. The fourth-order valence-corrected chi connectivity index (χ4v) is 2.73. The lowest BCUT2D eigenvalue weighted by molar-refractivity contribution is -0.117. The second kappa shape index (κ2) is 7.19. The Labute approximate surface area is 136 Å². The average Bonchev–Trinajstić information content (AvgIpc) is 2.56. The van der Waals surface area contributed by atoms with Crippen LogP contribution in [0.3, 0.4) is 0 Å². The molecule has 0 bridgehead atoms. The van der Waals surface area contributed by atoms with E-state index in [1.165, 1.54) is 0 Å². The largest absolute Gasteiger partial charge is 0.368 e. The molecule has 1 aliphatic rings. The lowest BCUT2D eigenvalue weighted by atomic mass is 10.2. The van der Waals surface area contributed by atoms with Gasteiger partial charge < -0.3 is 10.2 Å². The maximum atomic E-state index is 12.1. The molecule has 0 spiro atoms. The van der Waals surface area contributed by atoms with Gasteiger partial charge in [0, 0.05) is 50.0 Å². The molecule has 6 heteroatoms. The number of piperazine rings is 1. The maximum Gasteiger partial charge on any atom is 0.238 e. The molecule has 1 aliphatic heterocycles. The number of amides is 1. The third-order valence-electron chi connectivity index (χ3n) is 3.93. The van der Waals surface area contributed by atoms with Crippen LogP contribution < -0.4 is 10.2 Å². The lowest BCUT2D eigenvalue weighted by Crippen LogP contribution is -2.48. The molecule has 0 atom stereocenters. The first-order chi connectivity index (χ1) is 11.2. The van der Waals surface area contributed by atoms with Gasteiger partial charge in [-0.25, -0.2) is 0 Å². The van der Waals surface area contributed by atoms with Crippen LogP contribution in [-0.4, -0.2) is 53.5 Å². The molecule has 0 aromatic carbocycles. The molecule has 3 rings (SSSR count). The lowest BCUT2D eigenvalue weighted by Gasteiger charge is -2.35. The fourth-order valence-electron chi connectivity index (χ4n) is 2.73. The number of nitrogens with zero attached hydrogens (tertiary/aromatic N) is 4. The van der Waals surface area contributed by atoms with Crippen molar-refractivity contribution >= 4 is 17.3 Å². The first kappa shape index (κ1) is 15.4. The molecule has 1 N–H and O–H groups in total. The quantitative estimate of drug-likeness (QED) is 0.928. The Bertz CT molecular complexity index is 653. The molecule has 1 saturated heterocycles. The Morgan fingerprint density at radius 2 is 2.04 bits per heavy atom. The summed E-state index contributed by atoms with van der Waals surface area (Å²) in [5.41, 5.74) is 2.84. The van der Waals surface area contributed by atoms with Crippen LogP contribution in [0.1, 0.15) is 5.69 Å². The molecule has 1 fully saturated rings. The summed E-state index contributed by atoms with van der Waals surface area (Å²) in [6.07, 6.45) is 5.37. The summed E-state index contributed by atoms with van der Waals surface area (Å²) in [4.78, 5) is 24.9. The SMILES string of the molecule is Cc1cc(NC(=O)CN2CCN(c3cccnc3)CC2)ccn1. The summed E-state index contributed by atoms with van der Waals surface area (Å²) in [5, 5.41) is 2.93. The van der Waals surface area contributed by atoms with E-state index in [-0.39, 0.29) is 5.91 Å². The molecule has 2 aromatic rings. The van der Waals surface area contributed by atoms with Crippen LogP contribution in [0, 0.1) is 6.92 Å². The summed E-state index contributed by atoms with van der Waals surface area (Å²) in [6.45, 7) is 5.89. The van der Waals surface area contributed by atoms with E-state index in [9.17, 15) is 4.79 Å². The van der Waals surface area contributed by atoms with Crippen molar-refractivity contribution in [2.75, 3.05) is 42.9 Å². The highest BCUT2D eigenvalue weighted by Crippen LogP contribution is 2.14. The second-order valence-corrected chi connectivity index (χ2v) is 5.71. The molecule has 0 unspecified atom stereocenters. The third kappa shape index (κ3) is 4.26. The molecule has 3 heterocycles. The highest BCUT2D eigenvalue weighted by molar-refractivity contribution is 5.92. The van der Waals surface area contributed by atoms with Crippen molar-refractivity contribution in [1.29, 1.82) is 0 Å². The monoisotopic (exact) mass is 311 g/mol. The molecule has 23 heavy (non-hydrogen) atoms. The van der Waals surface area contributed by atoms with Crippen molar-refractivity contribution in [3.05, 3.63) is 48.5 Å². The smallest absolute Gasteiger partial charge is 0.238 e. The van der Waals surface area contributed by atoms with Gasteiger partial charge in [0.05, 0.1) is 18.4 Å². The molecule has 0 radical (unpaired) electrons. The minimum atomic E-state index is 0.0189. The summed E-state index contributed by atoms with van der Waals surface area (Å²) < 4.78 is 0. The van der Waals surface area contributed by atoms with Crippen LogP contribution in [0.2, 0.25) is 0 Å². The van der Waals surface area contributed by atoms with Crippen molar-refractivity contribution in [2.24, 2.45) is 0 Å². The standard InChI is InChI=1S/C17H21N5O/c1-14-11-15(4-6-19-14)20-17(23)13-21-7-9-22(10-8-21)16-3-2-5-18-12-16/h2-6,11-12H,7-10,13H2,1H3,(H,19,20,23). The van der Waals surface area contributed by atoms with Gasteiger partial charge in [-0.1, -0.05) is 0 Å². The van der Waals surface area contributed by atoms with Gasteiger partial charge in [-0.15, -0.1) is 0 Å². The third-order valence-corrected chi connectivity index (χ3v) is 3.93. The number of hydrogen-bond donors (Lipinski definition) is 1. The Morgan fingerprint density at radius 1 is 1.22 bits per heavy atom. The van der Waals surface area contributed by atoms with Crippen LogP contribution in [0.15, 0.2) is 42.9 Å². The number of aryl methyl sites for hydroxylation is 1. The van der Waals surface area contributed by atoms with E-state index in [0.29, 0.717) is 6.54 Å². The molecule has 6 nitrogen and oxygen atoms in total. The molecular weight excluding hydrogens is 290 g/mol. The summed E-state index contributed by atoms with van der Waals surface area (Å²) in [7, 11) is 0. The van der Waals surface area contributed by atoms with Crippen LogP contribution in [0.5, 0.6) is 0 Å². The molecular formula is C17H21N5O. The van der Waals surface area contributed by atoms with Crippen molar-refractivity contribution < 1.29 is 4.79 Å². The Balaban J connectivity index is 1.48. The Morgan fingerprint density at radius 3 is 2.74 bits per heavy atom. The highest BCUT2D eigenvalue weighted by Gasteiger charge is 2.19. The molecule has 120 valence electrons. The van der Waals surface area contributed by atoms with E-state index in [2.05, 4.69) is 31.2 Å².